The predicted molar refractivity (Wildman–Crippen MR) is 66.4 cm³/mol. The molecule has 0 aromatic carbocycles. The maximum Gasteiger partial charge on any atom is 0.230 e. The van der Waals surface area contributed by atoms with Crippen LogP contribution in [0.4, 0.5) is 0 Å². The first-order valence-electron chi connectivity index (χ1n) is 5.43. The lowest BCUT2D eigenvalue weighted by atomic mass is 10.1. The summed E-state index contributed by atoms with van der Waals surface area (Å²) >= 11 is 14.2. The molecule has 0 saturated heterocycles. The molecule has 0 fully saturated rings. The highest BCUT2D eigenvalue weighted by molar-refractivity contribution is 6.75. The summed E-state index contributed by atoms with van der Waals surface area (Å²) in [6.07, 6.45) is 8.33. The zero-order valence-electron chi connectivity index (χ0n) is 9.61. The molecular formula is C10H20Cl3NO2. The average molecular weight is 293 g/mol. The summed E-state index contributed by atoms with van der Waals surface area (Å²) in [5, 5.41) is 9.51. The lowest BCUT2D eigenvalue weighted by Crippen LogP contribution is -2.50. The van der Waals surface area contributed by atoms with Crippen molar-refractivity contribution in [3.05, 3.63) is 0 Å². The Morgan fingerprint density at radius 3 is 1.81 bits per heavy atom. The fraction of sp³-hybridized carbons (Fsp3) is 0.900. The minimum absolute atomic E-state index is 1.12. The summed E-state index contributed by atoms with van der Waals surface area (Å²) in [7, 11) is 0. The van der Waals surface area contributed by atoms with Crippen molar-refractivity contribution in [1.82, 2.24) is 0 Å². The van der Waals surface area contributed by atoms with Crippen LogP contribution < -0.4 is 10.8 Å². The van der Waals surface area contributed by atoms with E-state index < -0.39 is 9.76 Å². The number of quaternary nitrogens is 1. The summed E-state index contributed by atoms with van der Waals surface area (Å²) in [5.74, 6) is -1.71. The highest BCUT2D eigenvalue weighted by Crippen LogP contribution is 2.24. The lowest BCUT2D eigenvalue weighted by Gasteiger charge is -2.09. The van der Waals surface area contributed by atoms with Gasteiger partial charge in [-0.05, 0) is 12.8 Å². The standard InChI is InChI=1S/C8H19N.C2HCl3O2/c1-2-3-4-5-6-7-8-9;3-2(4,5)1(6)7/h2-9H2,1H3;(H,6,7). The number of unbranched alkanes of at least 4 members (excludes halogenated alkanes) is 5. The van der Waals surface area contributed by atoms with Crippen LogP contribution in [0.1, 0.15) is 45.4 Å². The smallest absolute Gasteiger partial charge is 0.230 e. The fourth-order valence-electron chi connectivity index (χ4n) is 0.957. The highest BCUT2D eigenvalue weighted by Gasteiger charge is 2.20. The van der Waals surface area contributed by atoms with Crippen molar-refractivity contribution in [2.45, 2.75) is 49.2 Å². The highest BCUT2D eigenvalue weighted by atomic mass is 35.6. The third kappa shape index (κ3) is 16.7. The van der Waals surface area contributed by atoms with Gasteiger partial charge >= 0.3 is 0 Å². The number of aliphatic carboxylic acids is 1. The number of carbonyl (C=O) groups is 1. The Bertz CT molecular complexity index is 166. The van der Waals surface area contributed by atoms with Crippen LogP contribution in [0.3, 0.4) is 0 Å². The molecule has 0 aliphatic rings. The van der Waals surface area contributed by atoms with Crippen molar-refractivity contribution in [3.8, 4) is 0 Å². The second-order valence-electron chi connectivity index (χ2n) is 3.41. The molecule has 0 aliphatic heterocycles. The summed E-state index contributed by atoms with van der Waals surface area (Å²) < 4.78 is -2.28. The monoisotopic (exact) mass is 291 g/mol. The van der Waals surface area contributed by atoms with Crippen molar-refractivity contribution in [2.24, 2.45) is 0 Å². The van der Waals surface area contributed by atoms with Gasteiger partial charge in [0.15, 0.2) is 0 Å². The van der Waals surface area contributed by atoms with E-state index in [1.54, 1.807) is 0 Å². The number of carbonyl (C=O) groups excluding carboxylic acids is 1. The van der Waals surface area contributed by atoms with Crippen LogP contribution in [0.25, 0.3) is 0 Å². The zero-order chi connectivity index (χ0) is 13.0. The van der Waals surface area contributed by atoms with E-state index in [1.165, 1.54) is 38.5 Å². The Morgan fingerprint density at radius 2 is 1.50 bits per heavy atom. The number of rotatable bonds is 6. The number of hydrogen-bond acceptors (Lipinski definition) is 2. The van der Waals surface area contributed by atoms with Gasteiger partial charge in [-0.2, -0.15) is 0 Å². The van der Waals surface area contributed by atoms with Gasteiger partial charge in [-0.3, -0.25) is 0 Å². The topological polar surface area (TPSA) is 67.8 Å². The maximum atomic E-state index is 9.51. The minimum Gasteiger partial charge on any atom is -0.545 e. The van der Waals surface area contributed by atoms with Crippen molar-refractivity contribution < 1.29 is 15.6 Å². The first-order valence-corrected chi connectivity index (χ1v) is 6.57. The van der Waals surface area contributed by atoms with Gasteiger partial charge in [-0.1, -0.05) is 67.4 Å². The molecule has 0 atom stereocenters. The van der Waals surface area contributed by atoms with Crippen molar-refractivity contribution in [1.29, 1.82) is 0 Å². The molecule has 3 nitrogen and oxygen atoms in total. The van der Waals surface area contributed by atoms with E-state index in [-0.39, 0.29) is 0 Å². The van der Waals surface area contributed by atoms with Gasteiger partial charge in [0, 0.05) is 0 Å². The molecule has 0 aromatic heterocycles. The zero-order valence-corrected chi connectivity index (χ0v) is 11.9. The Labute approximate surface area is 112 Å². The van der Waals surface area contributed by atoms with Crippen LogP contribution in [-0.4, -0.2) is 16.3 Å². The largest absolute Gasteiger partial charge is 0.545 e. The Kier molecular flexibility index (Phi) is 13.7. The average Bonchev–Trinajstić information content (AvgIpc) is 2.17. The van der Waals surface area contributed by atoms with Gasteiger partial charge in [0.1, 0.15) is 0 Å². The van der Waals surface area contributed by atoms with Crippen molar-refractivity contribution >= 4 is 40.8 Å². The fourth-order valence-corrected chi connectivity index (χ4v) is 0.957. The van der Waals surface area contributed by atoms with Gasteiger partial charge in [0.25, 0.3) is 0 Å². The number of halogens is 3. The van der Waals surface area contributed by atoms with Crippen LogP contribution >= 0.6 is 34.8 Å². The molecule has 6 heteroatoms. The van der Waals surface area contributed by atoms with Crippen LogP contribution in [0.5, 0.6) is 0 Å². The molecule has 0 radical (unpaired) electrons. The van der Waals surface area contributed by atoms with Crippen LogP contribution in [0.2, 0.25) is 0 Å². The van der Waals surface area contributed by atoms with E-state index in [0.717, 1.165) is 6.54 Å². The van der Waals surface area contributed by atoms with Gasteiger partial charge in [0.2, 0.25) is 3.79 Å². The van der Waals surface area contributed by atoms with Crippen LogP contribution in [0.15, 0.2) is 0 Å². The molecule has 16 heavy (non-hydrogen) atoms. The summed E-state index contributed by atoms with van der Waals surface area (Å²) in [5.41, 5.74) is 3.80. The van der Waals surface area contributed by atoms with Crippen molar-refractivity contribution in [3.63, 3.8) is 0 Å². The first kappa shape index (κ1) is 18.7. The molecule has 0 rings (SSSR count). The lowest BCUT2D eigenvalue weighted by molar-refractivity contribution is -0.368. The number of carboxylic acid groups (broad SMARTS) is 1. The maximum absolute atomic E-state index is 9.51. The van der Waals surface area contributed by atoms with E-state index in [1.807, 2.05) is 0 Å². The summed E-state index contributed by atoms with van der Waals surface area (Å²) in [4.78, 5) is 9.51. The second-order valence-corrected chi connectivity index (χ2v) is 5.69. The van der Waals surface area contributed by atoms with E-state index in [0.29, 0.717) is 0 Å². The number of hydrogen-bond donors (Lipinski definition) is 1. The SMILES string of the molecule is CCCCCCCC[NH3+].O=C([O-])C(Cl)(Cl)Cl. The number of alkyl halides is 3. The molecule has 3 N–H and O–H groups in total. The molecule has 0 aliphatic carbocycles. The Balaban J connectivity index is 0. The molecule has 0 amide bonds. The molecule has 0 saturated carbocycles. The molecule has 0 heterocycles. The van der Waals surface area contributed by atoms with Gasteiger partial charge in [-0.25, -0.2) is 0 Å². The molecule has 0 spiro atoms. The number of carboxylic acids is 1. The van der Waals surface area contributed by atoms with Crippen molar-refractivity contribution in [2.75, 3.05) is 6.54 Å². The van der Waals surface area contributed by atoms with E-state index in [2.05, 4.69) is 12.7 Å². The van der Waals surface area contributed by atoms with E-state index >= 15 is 0 Å². The van der Waals surface area contributed by atoms with Gasteiger partial charge < -0.3 is 15.6 Å². The summed E-state index contributed by atoms with van der Waals surface area (Å²) in [6, 6.07) is 0. The summed E-state index contributed by atoms with van der Waals surface area (Å²) in [6.45, 7) is 3.37. The quantitative estimate of drug-likeness (QED) is 0.598. The second kappa shape index (κ2) is 11.8. The Morgan fingerprint density at radius 1 is 1.12 bits per heavy atom. The molecule has 0 aromatic rings. The van der Waals surface area contributed by atoms with Crippen LogP contribution in [0, 0.1) is 0 Å². The third-order valence-corrected chi connectivity index (χ3v) is 2.30. The van der Waals surface area contributed by atoms with Gasteiger partial charge in [0.05, 0.1) is 12.5 Å². The minimum atomic E-state index is -2.28. The normalized spacial score (nSPS) is 10.6. The molecule has 0 unspecified atom stereocenters. The van der Waals surface area contributed by atoms with E-state index in [9.17, 15) is 9.90 Å². The Hall–Kier alpha value is 0.300. The first-order chi connectivity index (χ1) is 7.36. The molecule has 98 valence electrons. The molecular weight excluding hydrogens is 272 g/mol. The third-order valence-electron chi connectivity index (χ3n) is 1.84. The van der Waals surface area contributed by atoms with Crippen LogP contribution in [-0.2, 0) is 4.79 Å². The predicted octanol–water partition coefficient (Wildman–Crippen LogP) is 1.70. The van der Waals surface area contributed by atoms with E-state index in [4.69, 9.17) is 34.8 Å². The van der Waals surface area contributed by atoms with Gasteiger partial charge in [-0.15, -0.1) is 0 Å². The molecule has 0 bridgehead atoms.